The van der Waals surface area contributed by atoms with E-state index in [2.05, 4.69) is 13.8 Å². The first-order valence-corrected chi connectivity index (χ1v) is 22.2. The molecule has 1 saturated heterocycles. The average molecular weight is 767 g/mol. The summed E-state index contributed by atoms with van der Waals surface area (Å²) in [5, 5.41) is 30.8. The molecule has 1 aliphatic heterocycles. The third kappa shape index (κ3) is 25.6. The van der Waals surface area contributed by atoms with E-state index >= 15 is 0 Å². The van der Waals surface area contributed by atoms with E-state index in [1.54, 1.807) is 0 Å². The fraction of sp³-hybridized carbons (Fsp3) is 0.949. The average Bonchev–Trinajstić information content (AvgIpc) is 3.10. The minimum Gasteiger partial charge on any atom is -0.462 e. The first-order valence-electron chi connectivity index (χ1n) is 20.6. The second kappa shape index (κ2) is 30.9. The van der Waals surface area contributed by atoms with Gasteiger partial charge in [0.2, 0.25) is 0 Å². The quantitative estimate of drug-likeness (QED) is 0.0291. The molecule has 4 N–H and O–H groups in total. The highest BCUT2D eigenvalue weighted by molar-refractivity contribution is 7.85. The van der Waals surface area contributed by atoms with Gasteiger partial charge in [0.1, 0.15) is 36.8 Å². The van der Waals surface area contributed by atoms with Crippen LogP contribution in [0.1, 0.15) is 181 Å². The minimum atomic E-state index is -4.59. The van der Waals surface area contributed by atoms with Crippen molar-refractivity contribution in [2.24, 2.45) is 0 Å². The molecule has 0 spiro atoms. The Balaban J connectivity index is 2.49. The molecule has 0 bridgehead atoms. The van der Waals surface area contributed by atoms with E-state index in [1.165, 1.54) is 103 Å². The Kier molecular flexibility index (Phi) is 28.9. The Morgan fingerprint density at radius 3 is 1.40 bits per heavy atom. The van der Waals surface area contributed by atoms with E-state index < -0.39 is 71.2 Å². The molecular formula is C39H74O12S. The highest BCUT2D eigenvalue weighted by Gasteiger charge is 2.46. The van der Waals surface area contributed by atoms with Crippen molar-refractivity contribution in [2.75, 3.05) is 19.0 Å². The zero-order valence-corrected chi connectivity index (χ0v) is 33.2. The van der Waals surface area contributed by atoms with Crippen LogP contribution in [0.15, 0.2) is 0 Å². The molecule has 1 rings (SSSR count). The predicted molar refractivity (Wildman–Crippen MR) is 201 cm³/mol. The van der Waals surface area contributed by atoms with Crippen molar-refractivity contribution in [3.8, 4) is 0 Å². The molecule has 0 radical (unpaired) electrons. The van der Waals surface area contributed by atoms with Gasteiger partial charge in [0.15, 0.2) is 12.4 Å². The SMILES string of the molecule is CCCCCCCCCCCCCCCC(=O)OC(COC(=O)CCCCCCCCCCCCC)COC1OC(CS(=O)(=O)O)C(O)C(O)C1O. The molecule has 12 nitrogen and oxygen atoms in total. The Morgan fingerprint density at radius 1 is 0.577 bits per heavy atom. The van der Waals surface area contributed by atoms with E-state index in [0.717, 1.165) is 38.5 Å². The van der Waals surface area contributed by atoms with Crippen LogP contribution in [0, 0.1) is 0 Å². The van der Waals surface area contributed by atoms with Crippen LogP contribution in [0.2, 0.25) is 0 Å². The minimum absolute atomic E-state index is 0.171. The summed E-state index contributed by atoms with van der Waals surface area (Å²) in [6.45, 7) is 3.74. The second-order valence-corrected chi connectivity index (χ2v) is 16.2. The van der Waals surface area contributed by atoms with Crippen LogP contribution in [-0.2, 0) is 38.7 Å². The van der Waals surface area contributed by atoms with Crippen LogP contribution in [0.4, 0.5) is 0 Å². The van der Waals surface area contributed by atoms with Crippen molar-refractivity contribution in [2.45, 2.75) is 218 Å². The smallest absolute Gasteiger partial charge is 0.306 e. The lowest BCUT2D eigenvalue weighted by Crippen LogP contribution is -2.60. The van der Waals surface area contributed by atoms with Gasteiger partial charge < -0.3 is 34.3 Å². The maximum atomic E-state index is 12.7. The summed E-state index contributed by atoms with van der Waals surface area (Å²) in [7, 11) is -4.59. The topological polar surface area (TPSA) is 186 Å². The number of hydrogen-bond donors (Lipinski definition) is 4. The monoisotopic (exact) mass is 766 g/mol. The number of ether oxygens (including phenoxy) is 4. The first-order chi connectivity index (χ1) is 25.0. The summed E-state index contributed by atoms with van der Waals surface area (Å²) in [5.74, 6) is -1.97. The Labute approximate surface area is 314 Å². The lowest BCUT2D eigenvalue weighted by molar-refractivity contribution is -0.297. The van der Waals surface area contributed by atoms with Crippen molar-refractivity contribution >= 4 is 22.1 Å². The van der Waals surface area contributed by atoms with Gasteiger partial charge in [0, 0.05) is 12.8 Å². The summed E-state index contributed by atoms with van der Waals surface area (Å²) in [6.07, 6.45) is 18.7. The number of hydrogen-bond acceptors (Lipinski definition) is 11. The summed E-state index contributed by atoms with van der Waals surface area (Å²) in [6, 6.07) is 0. The van der Waals surface area contributed by atoms with Crippen molar-refractivity contribution in [3.63, 3.8) is 0 Å². The van der Waals surface area contributed by atoms with E-state index in [4.69, 9.17) is 18.9 Å². The van der Waals surface area contributed by atoms with E-state index in [-0.39, 0.29) is 19.4 Å². The van der Waals surface area contributed by atoms with Gasteiger partial charge >= 0.3 is 11.9 Å². The van der Waals surface area contributed by atoms with Crippen LogP contribution in [0.3, 0.4) is 0 Å². The van der Waals surface area contributed by atoms with Gasteiger partial charge in [-0.1, -0.05) is 155 Å². The Morgan fingerprint density at radius 2 is 0.981 bits per heavy atom. The summed E-state index contributed by atoms with van der Waals surface area (Å²) in [4.78, 5) is 25.2. The molecule has 6 atom stereocenters. The van der Waals surface area contributed by atoms with E-state index in [0.29, 0.717) is 12.8 Å². The number of rotatable bonds is 34. The standard InChI is InChI=1S/C39H74O12S/c1-3-5-7-9-11-13-15-16-18-20-22-24-26-28-35(41)50-32(29-48-34(40)27-25-23-21-19-17-14-12-10-8-6-4-2)30-49-39-38(44)37(43)36(42)33(51-39)31-52(45,46)47/h32-33,36-39,42-44H,3-31H2,1-2H3,(H,45,46,47). The number of esters is 2. The van der Waals surface area contributed by atoms with Crippen molar-refractivity contribution in [1.82, 2.24) is 0 Å². The Bertz CT molecular complexity index is 994. The zero-order chi connectivity index (χ0) is 38.5. The molecule has 52 heavy (non-hydrogen) atoms. The van der Waals surface area contributed by atoms with E-state index in [1.807, 2.05) is 0 Å². The Hall–Kier alpha value is -1.35. The van der Waals surface area contributed by atoms with Crippen LogP contribution in [0.25, 0.3) is 0 Å². The molecule has 13 heteroatoms. The number of aliphatic hydroxyl groups is 3. The molecular weight excluding hydrogens is 692 g/mol. The van der Waals surface area contributed by atoms with Gasteiger partial charge in [-0.25, -0.2) is 0 Å². The molecule has 308 valence electrons. The van der Waals surface area contributed by atoms with E-state index in [9.17, 15) is 37.9 Å². The number of aliphatic hydroxyl groups excluding tert-OH is 3. The van der Waals surface area contributed by atoms with Crippen LogP contribution in [0.5, 0.6) is 0 Å². The maximum Gasteiger partial charge on any atom is 0.306 e. The maximum absolute atomic E-state index is 12.7. The summed E-state index contributed by atoms with van der Waals surface area (Å²) < 4.78 is 53.9. The molecule has 0 aliphatic carbocycles. The molecule has 0 amide bonds. The number of carbonyl (C=O) groups is 2. The molecule has 0 aromatic heterocycles. The van der Waals surface area contributed by atoms with Gasteiger partial charge in [0.25, 0.3) is 10.1 Å². The number of unbranched alkanes of at least 4 members (excludes halogenated alkanes) is 22. The van der Waals surface area contributed by atoms with Crippen LogP contribution >= 0.6 is 0 Å². The van der Waals surface area contributed by atoms with Crippen molar-refractivity contribution in [1.29, 1.82) is 0 Å². The van der Waals surface area contributed by atoms with Crippen LogP contribution < -0.4 is 0 Å². The lowest BCUT2D eigenvalue weighted by Gasteiger charge is -2.40. The normalized spacial score (nSPS) is 21.2. The van der Waals surface area contributed by atoms with Crippen molar-refractivity contribution in [3.05, 3.63) is 0 Å². The molecule has 1 fully saturated rings. The molecule has 0 aromatic rings. The van der Waals surface area contributed by atoms with Gasteiger partial charge in [-0.2, -0.15) is 8.42 Å². The zero-order valence-electron chi connectivity index (χ0n) is 32.4. The molecule has 0 saturated carbocycles. The third-order valence-corrected chi connectivity index (χ3v) is 10.4. The van der Waals surface area contributed by atoms with Crippen LogP contribution in [-0.4, -0.2) is 96.0 Å². The number of carbonyl (C=O) groups excluding carboxylic acids is 2. The summed E-state index contributed by atoms with van der Waals surface area (Å²) in [5.41, 5.74) is 0. The summed E-state index contributed by atoms with van der Waals surface area (Å²) >= 11 is 0. The van der Waals surface area contributed by atoms with Gasteiger partial charge in [-0.15, -0.1) is 0 Å². The predicted octanol–water partition coefficient (Wildman–Crippen LogP) is 7.34. The third-order valence-electron chi connectivity index (χ3n) is 9.69. The second-order valence-electron chi connectivity index (χ2n) is 14.7. The fourth-order valence-corrected chi connectivity index (χ4v) is 7.13. The van der Waals surface area contributed by atoms with Gasteiger partial charge in [0.05, 0.1) is 6.61 Å². The first kappa shape index (κ1) is 48.7. The highest BCUT2D eigenvalue weighted by atomic mass is 32.2. The molecule has 1 aliphatic rings. The molecule has 1 heterocycles. The lowest BCUT2D eigenvalue weighted by atomic mass is 10.00. The molecule has 6 unspecified atom stereocenters. The van der Waals surface area contributed by atoms with Crippen molar-refractivity contribution < 1.29 is 56.8 Å². The fourth-order valence-electron chi connectivity index (χ4n) is 6.44. The highest BCUT2D eigenvalue weighted by Crippen LogP contribution is 2.24. The van der Waals surface area contributed by atoms with Gasteiger partial charge in [-0.3, -0.25) is 14.1 Å². The van der Waals surface area contributed by atoms with Gasteiger partial charge in [-0.05, 0) is 12.8 Å². The largest absolute Gasteiger partial charge is 0.462 e. The molecule has 0 aromatic carbocycles.